The molecular formula is C28H30N4OS. The van der Waals surface area contributed by atoms with Gasteiger partial charge in [0, 0.05) is 24.1 Å². The van der Waals surface area contributed by atoms with Crippen molar-refractivity contribution >= 4 is 17.7 Å². The van der Waals surface area contributed by atoms with Crippen LogP contribution in [0, 0.1) is 6.92 Å². The van der Waals surface area contributed by atoms with Crippen LogP contribution >= 0.6 is 11.8 Å². The van der Waals surface area contributed by atoms with Gasteiger partial charge in [0.15, 0.2) is 11.0 Å². The minimum atomic E-state index is -0.0653. The van der Waals surface area contributed by atoms with E-state index in [1.54, 1.807) is 0 Å². The van der Waals surface area contributed by atoms with Gasteiger partial charge < -0.3 is 9.88 Å². The summed E-state index contributed by atoms with van der Waals surface area (Å²) in [5.74, 6) is 1.18. The molecule has 0 aliphatic heterocycles. The molecule has 4 rings (SSSR count). The molecule has 0 fully saturated rings. The molecule has 0 aliphatic rings. The second-order valence-electron chi connectivity index (χ2n) is 8.31. The number of amides is 1. The summed E-state index contributed by atoms with van der Waals surface area (Å²) in [5.41, 5.74) is 4.58. The molecule has 1 aromatic heterocycles. The Bertz CT molecular complexity index is 1180. The number of benzene rings is 3. The van der Waals surface area contributed by atoms with Crippen molar-refractivity contribution in [1.29, 1.82) is 0 Å². The van der Waals surface area contributed by atoms with Gasteiger partial charge in [-0.1, -0.05) is 96.7 Å². The number of thioether (sulfide) groups is 1. The average Bonchev–Trinajstić information content (AvgIpc) is 3.27. The topological polar surface area (TPSA) is 59.8 Å². The number of rotatable bonds is 9. The molecule has 34 heavy (non-hydrogen) atoms. The molecule has 174 valence electrons. The van der Waals surface area contributed by atoms with Gasteiger partial charge in [-0.2, -0.15) is 0 Å². The zero-order chi connectivity index (χ0) is 23.9. The molecule has 6 heteroatoms. The van der Waals surface area contributed by atoms with Gasteiger partial charge in [0.05, 0.1) is 5.75 Å². The Morgan fingerprint density at radius 2 is 1.50 bits per heavy atom. The molecule has 0 spiro atoms. The highest BCUT2D eigenvalue weighted by Crippen LogP contribution is 2.29. The first kappa shape index (κ1) is 23.8. The van der Waals surface area contributed by atoms with Gasteiger partial charge in [-0.3, -0.25) is 4.79 Å². The van der Waals surface area contributed by atoms with E-state index in [2.05, 4.69) is 77.3 Å². The predicted molar refractivity (Wildman–Crippen MR) is 139 cm³/mol. The molecule has 0 aliphatic carbocycles. The van der Waals surface area contributed by atoms with Crippen LogP contribution in [-0.2, 0) is 11.3 Å². The van der Waals surface area contributed by atoms with Crippen molar-refractivity contribution in [3.63, 3.8) is 0 Å². The van der Waals surface area contributed by atoms with Crippen LogP contribution < -0.4 is 5.32 Å². The third-order valence-corrected chi connectivity index (χ3v) is 6.92. The number of nitrogens with one attached hydrogen (secondary N) is 1. The molecule has 0 bridgehead atoms. The van der Waals surface area contributed by atoms with E-state index < -0.39 is 0 Å². The number of aromatic nitrogens is 3. The fourth-order valence-electron chi connectivity index (χ4n) is 4.30. The fraction of sp³-hybridized carbons (Fsp3) is 0.250. The van der Waals surface area contributed by atoms with Crippen LogP contribution in [0.5, 0.6) is 0 Å². The smallest absolute Gasteiger partial charge is 0.230 e. The second-order valence-corrected chi connectivity index (χ2v) is 9.25. The lowest BCUT2D eigenvalue weighted by atomic mass is 9.86. The molecule has 0 saturated carbocycles. The van der Waals surface area contributed by atoms with Crippen LogP contribution in [0.3, 0.4) is 0 Å². The maximum Gasteiger partial charge on any atom is 0.230 e. The minimum absolute atomic E-state index is 0.0162. The van der Waals surface area contributed by atoms with Crippen molar-refractivity contribution in [1.82, 2.24) is 20.1 Å². The Hall–Kier alpha value is -3.38. The molecule has 0 radical (unpaired) electrons. The number of nitrogens with zero attached hydrogens (tertiary/aromatic N) is 3. The lowest BCUT2D eigenvalue weighted by molar-refractivity contribution is -0.119. The van der Waals surface area contributed by atoms with Crippen molar-refractivity contribution in [3.05, 3.63) is 102 Å². The van der Waals surface area contributed by atoms with Crippen LogP contribution in [0.25, 0.3) is 11.4 Å². The first-order valence-corrected chi connectivity index (χ1v) is 12.6. The van der Waals surface area contributed by atoms with E-state index in [1.807, 2.05) is 48.5 Å². The van der Waals surface area contributed by atoms with Crippen LogP contribution in [0.4, 0.5) is 0 Å². The predicted octanol–water partition coefficient (Wildman–Crippen LogP) is 5.70. The quantitative estimate of drug-likeness (QED) is 0.319. The van der Waals surface area contributed by atoms with Gasteiger partial charge in [-0.05, 0) is 37.5 Å². The zero-order valence-corrected chi connectivity index (χ0v) is 20.6. The maximum absolute atomic E-state index is 12.9. The Labute approximate surface area is 205 Å². The molecule has 1 atom stereocenters. The minimum Gasteiger partial charge on any atom is -0.352 e. The lowest BCUT2D eigenvalue weighted by Crippen LogP contribution is -2.38. The first-order valence-electron chi connectivity index (χ1n) is 11.6. The van der Waals surface area contributed by atoms with E-state index in [-0.39, 0.29) is 23.6 Å². The molecule has 4 aromatic rings. The average molecular weight is 471 g/mol. The summed E-state index contributed by atoms with van der Waals surface area (Å²) in [6.45, 7) is 6.95. The summed E-state index contributed by atoms with van der Waals surface area (Å²) in [6, 6.07) is 28.8. The third kappa shape index (κ3) is 5.39. The van der Waals surface area contributed by atoms with Crippen LogP contribution in [0.1, 0.15) is 36.5 Å². The monoisotopic (exact) mass is 470 g/mol. The molecule has 5 nitrogen and oxygen atoms in total. The zero-order valence-electron chi connectivity index (χ0n) is 19.8. The van der Waals surface area contributed by atoms with E-state index in [0.717, 1.165) is 28.7 Å². The number of hydrogen-bond acceptors (Lipinski definition) is 4. The Kier molecular flexibility index (Phi) is 7.80. The van der Waals surface area contributed by atoms with Crippen molar-refractivity contribution in [2.75, 3.05) is 5.75 Å². The highest BCUT2D eigenvalue weighted by Gasteiger charge is 2.23. The van der Waals surface area contributed by atoms with Crippen molar-refractivity contribution in [2.24, 2.45) is 0 Å². The summed E-state index contributed by atoms with van der Waals surface area (Å²) in [4.78, 5) is 12.9. The Morgan fingerprint density at radius 3 is 2.09 bits per heavy atom. The van der Waals surface area contributed by atoms with E-state index in [0.29, 0.717) is 0 Å². The first-order chi connectivity index (χ1) is 16.6. The second kappa shape index (κ2) is 11.2. The lowest BCUT2D eigenvalue weighted by Gasteiger charge is -2.26. The standard InChI is InChI=1S/C28H30N4OS/c1-4-32-27(24-18-12-11-13-20(24)2)30-31-28(32)34-19-25(33)29-21(3)26(22-14-7-5-8-15-22)23-16-9-6-10-17-23/h5-18,21,26H,4,19H2,1-3H3,(H,29,33). The summed E-state index contributed by atoms with van der Waals surface area (Å²) in [5, 5.41) is 12.8. The summed E-state index contributed by atoms with van der Waals surface area (Å²) >= 11 is 1.42. The molecule has 1 heterocycles. The molecule has 3 aromatic carbocycles. The van der Waals surface area contributed by atoms with Gasteiger partial charge in [0.1, 0.15) is 0 Å². The number of aryl methyl sites for hydroxylation is 1. The van der Waals surface area contributed by atoms with Crippen LogP contribution in [0.2, 0.25) is 0 Å². The summed E-state index contributed by atoms with van der Waals surface area (Å²) in [7, 11) is 0. The number of carbonyl (C=O) groups excluding carboxylic acids is 1. The fourth-order valence-corrected chi connectivity index (χ4v) is 5.12. The molecule has 1 amide bonds. The molecule has 0 saturated heterocycles. The van der Waals surface area contributed by atoms with Crippen molar-refractivity contribution in [3.8, 4) is 11.4 Å². The molecular weight excluding hydrogens is 440 g/mol. The Morgan fingerprint density at radius 1 is 0.912 bits per heavy atom. The summed E-state index contributed by atoms with van der Waals surface area (Å²) < 4.78 is 2.07. The molecule has 1 unspecified atom stereocenters. The SMILES string of the molecule is CCn1c(SCC(=O)NC(C)C(c2ccccc2)c2ccccc2)nnc1-c1ccccc1C. The van der Waals surface area contributed by atoms with Crippen molar-refractivity contribution < 1.29 is 4.79 Å². The normalized spacial score (nSPS) is 12.0. The molecule has 1 N–H and O–H groups in total. The van der Waals surface area contributed by atoms with Gasteiger partial charge in [0.2, 0.25) is 5.91 Å². The van der Waals surface area contributed by atoms with E-state index in [1.165, 1.54) is 22.9 Å². The van der Waals surface area contributed by atoms with Gasteiger partial charge >= 0.3 is 0 Å². The van der Waals surface area contributed by atoms with E-state index >= 15 is 0 Å². The van der Waals surface area contributed by atoms with E-state index in [9.17, 15) is 4.79 Å². The highest BCUT2D eigenvalue weighted by molar-refractivity contribution is 7.99. The number of hydrogen-bond donors (Lipinski definition) is 1. The van der Waals surface area contributed by atoms with Crippen LogP contribution in [-0.4, -0.2) is 32.5 Å². The maximum atomic E-state index is 12.9. The Balaban J connectivity index is 1.46. The third-order valence-electron chi connectivity index (χ3n) is 5.96. The number of carbonyl (C=O) groups is 1. The van der Waals surface area contributed by atoms with Crippen molar-refractivity contribution in [2.45, 2.75) is 44.4 Å². The van der Waals surface area contributed by atoms with E-state index in [4.69, 9.17) is 0 Å². The largest absolute Gasteiger partial charge is 0.352 e. The van der Waals surface area contributed by atoms with Crippen LogP contribution in [0.15, 0.2) is 90.1 Å². The highest BCUT2D eigenvalue weighted by atomic mass is 32.2. The van der Waals surface area contributed by atoms with Gasteiger partial charge in [-0.25, -0.2) is 0 Å². The van der Waals surface area contributed by atoms with Gasteiger partial charge in [0.25, 0.3) is 0 Å². The summed E-state index contributed by atoms with van der Waals surface area (Å²) in [6.07, 6.45) is 0. The van der Waals surface area contributed by atoms with Gasteiger partial charge in [-0.15, -0.1) is 10.2 Å².